The van der Waals surface area contributed by atoms with E-state index in [1.165, 1.54) is 4.90 Å². The number of aromatic amines is 1. The molecule has 0 unspecified atom stereocenters. The number of para-hydroxylation sites is 1. The Morgan fingerprint density at radius 1 is 0.584 bits per heavy atom. The molecule has 0 saturated carbocycles. The van der Waals surface area contributed by atoms with E-state index in [1.54, 1.807) is 85.1 Å². The highest BCUT2D eigenvalue weighted by Gasteiger charge is 2.45. The van der Waals surface area contributed by atoms with Gasteiger partial charge in [0.05, 0.1) is 6.54 Å². The quantitative estimate of drug-likeness (QED) is 0.0598. The van der Waals surface area contributed by atoms with Gasteiger partial charge >= 0.3 is 6.09 Å². The molecule has 19 nitrogen and oxygen atoms in total. The van der Waals surface area contributed by atoms with Gasteiger partial charge in [-0.15, -0.1) is 0 Å². The molecule has 1 aromatic heterocycles. The van der Waals surface area contributed by atoms with Crippen molar-refractivity contribution >= 4 is 52.4 Å². The van der Waals surface area contributed by atoms with Crippen LogP contribution in [0.3, 0.4) is 0 Å². The van der Waals surface area contributed by atoms with Crippen molar-refractivity contribution in [1.82, 2.24) is 41.8 Å². The number of amides is 7. The van der Waals surface area contributed by atoms with Gasteiger partial charge in [-0.3, -0.25) is 28.8 Å². The Balaban J connectivity index is 1.19. The molecule has 0 aliphatic carbocycles. The second kappa shape index (κ2) is 26.8. The fourth-order valence-corrected chi connectivity index (χ4v) is 9.65. The van der Waals surface area contributed by atoms with E-state index >= 15 is 9.59 Å². The minimum Gasteiger partial charge on any atom is -0.489 e. The maximum Gasteiger partial charge on any atom is 0.407 e. The zero-order valence-corrected chi connectivity index (χ0v) is 42.7. The number of nitrogens with one attached hydrogen (secondary N) is 7. The van der Waals surface area contributed by atoms with Gasteiger partial charge in [0.2, 0.25) is 35.4 Å². The van der Waals surface area contributed by atoms with Crippen molar-refractivity contribution in [2.45, 2.75) is 93.9 Å². The third-order valence-electron chi connectivity index (χ3n) is 13.7. The second-order valence-corrected chi connectivity index (χ2v) is 19.2. The maximum absolute atomic E-state index is 15.3. The molecule has 7 amide bonds. The second-order valence-electron chi connectivity index (χ2n) is 19.2. The highest BCUT2D eigenvalue weighted by molar-refractivity contribution is 5.99. The molecule has 19 heteroatoms. The lowest BCUT2D eigenvalue weighted by Gasteiger charge is -2.32. The maximum atomic E-state index is 15.3. The summed E-state index contributed by atoms with van der Waals surface area (Å²) in [4.78, 5) is 107. The van der Waals surface area contributed by atoms with Gasteiger partial charge in [-0.2, -0.15) is 0 Å². The first-order valence-corrected chi connectivity index (χ1v) is 26.0. The predicted octanol–water partition coefficient (Wildman–Crippen LogP) is 3.37. The number of carbonyl (C=O) groups is 7. The van der Waals surface area contributed by atoms with E-state index in [0.717, 1.165) is 16.5 Å². The summed E-state index contributed by atoms with van der Waals surface area (Å²) in [5.74, 6) is -3.76. The SMILES string of the molecule is NCCCC[C@@H]1NC(=O)[C@@H](Cc2c[nH]c3ccccc23)NC(=O)[C@H](c2ccccc2)NC(=O)[C@@H]2C[C@@H](OC(=O)NCCN)CN2C(=O)[C@H](Cc2ccccc2)NC(=O)[C@@H](Cc2ccc(OCc3ccccc3)cc2)NC1=O. The number of carbonyl (C=O) groups excluding carboxylic acids is 7. The van der Waals surface area contributed by atoms with Gasteiger partial charge in [-0.05, 0) is 71.8 Å². The first-order valence-electron chi connectivity index (χ1n) is 26.0. The molecule has 0 bridgehead atoms. The van der Waals surface area contributed by atoms with Crippen LogP contribution >= 0.6 is 0 Å². The summed E-state index contributed by atoms with van der Waals surface area (Å²) in [6, 6.07) is 33.6. The molecule has 2 saturated heterocycles. The van der Waals surface area contributed by atoms with Crippen LogP contribution in [0.2, 0.25) is 0 Å². The number of ether oxygens (including phenoxy) is 2. The molecule has 0 radical (unpaired) electrons. The number of unbranched alkanes of at least 4 members (excludes halogenated alkanes) is 1. The van der Waals surface area contributed by atoms with Crippen molar-refractivity contribution in [3.63, 3.8) is 0 Å². The molecule has 2 aliphatic rings. The highest BCUT2D eigenvalue weighted by atomic mass is 16.6. The summed E-state index contributed by atoms with van der Waals surface area (Å²) in [6.07, 6.45) is 0.652. The van der Waals surface area contributed by atoms with Crippen LogP contribution in [0.4, 0.5) is 4.79 Å². The fourth-order valence-electron chi connectivity index (χ4n) is 9.65. The molecular formula is C58H66N10O9. The zero-order valence-electron chi connectivity index (χ0n) is 42.7. The highest BCUT2D eigenvalue weighted by Crippen LogP contribution is 2.26. The van der Waals surface area contributed by atoms with Gasteiger partial charge in [0.15, 0.2) is 0 Å². The summed E-state index contributed by atoms with van der Waals surface area (Å²) in [5, 5.41) is 17.9. The Labute approximate surface area is 446 Å². The van der Waals surface area contributed by atoms with Crippen LogP contribution in [0.15, 0.2) is 146 Å². The normalized spacial score (nSPS) is 21.6. The molecule has 402 valence electrons. The molecule has 0 spiro atoms. The molecule has 2 aliphatic heterocycles. The van der Waals surface area contributed by atoms with Gasteiger partial charge in [0.1, 0.15) is 54.7 Å². The third kappa shape index (κ3) is 14.9. The van der Waals surface area contributed by atoms with Crippen molar-refractivity contribution in [3.8, 4) is 5.75 Å². The average molecular weight is 1050 g/mol. The molecule has 6 aromatic rings. The lowest BCUT2D eigenvalue weighted by Crippen LogP contribution is -2.61. The lowest BCUT2D eigenvalue weighted by atomic mass is 9.99. The van der Waals surface area contributed by atoms with E-state index in [-0.39, 0.29) is 51.7 Å². The van der Waals surface area contributed by atoms with E-state index < -0.39 is 83.9 Å². The van der Waals surface area contributed by atoms with Crippen LogP contribution in [-0.4, -0.2) is 114 Å². The van der Waals surface area contributed by atoms with E-state index in [4.69, 9.17) is 20.9 Å². The Kier molecular flexibility index (Phi) is 19.0. The van der Waals surface area contributed by atoms with Crippen LogP contribution in [0.25, 0.3) is 10.9 Å². The number of aromatic nitrogens is 1. The molecule has 5 aromatic carbocycles. The molecule has 77 heavy (non-hydrogen) atoms. The molecular weight excluding hydrogens is 981 g/mol. The summed E-state index contributed by atoms with van der Waals surface area (Å²) in [6.45, 7) is 0.617. The van der Waals surface area contributed by atoms with Gasteiger partial charge < -0.3 is 62.7 Å². The van der Waals surface area contributed by atoms with Crippen LogP contribution in [0.5, 0.6) is 5.75 Å². The number of fused-ring (bicyclic) bond motifs is 2. The van der Waals surface area contributed by atoms with E-state index in [0.29, 0.717) is 54.0 Å². The Hall–Kier alpha value is -8.55. The fraction of sp³-hybridized carbons (Fsp3) is 0.328. The average Bonchev–Trinajstić information content (AvgIpc) is 4.08. The number of rotatable bonds is 17. The van der Waals surface area contributed by atoms with Crippen molar-refractivity contribution in [3.05, 3.63) is 174 Å². The van der Waals surface area contributed by atoms with Gasteiger partial charge in [0.25, 0.3) is 0 Å². The lowest BCUT2D eigenvalue weighted by molar-refractivity contribution is -0.143. The van der Waals surface area contributed by atoms with E-state index in [1.807, 2.05) is 60.7 Å². The summed E-state index contributed by atoms with van der Waals surface area (Å²) in [7, 11) is 0. The predicted molar refractivity (Wildman–Crippen MR) is 288 cm³/mol. The van der Waals surface area contributed by atoms with E-state index in [9.17, 15) is 24.0 Å². The first kappa shape index (κ1) is 54.7. The van der Waals surface area contributed by atoms with Crippen LogP contribution in [-0.2, 0) is 59.4 Å². The molecule has 8 rings (SSSR count). The molecule has 11 N–H and O–H groups in total. The minimum absolute atomic E-state index is 0.0385. The molecule has 2 fully saturated rings. The van der Waals surface area contributed by atoms with Gasteiger partial charge in [0, 0.05) is 55.9 Å². The van der Waals surface area contributed by atoms with Crippen LogP contribution < -0.4 is 48.1 Å². The van der Waals surface area contributed by atoms with Gasteiger partial charge in [-0.25, -0.2) is 4.79 Å². The summed E-state index contributed by atoms with van der Waals surface area (Å²) < 4.78 is 11.8. The van der Waals surface area contributed by atoms with Crippen molar-refractivity contribution in [2.24, 2.45) is 11.5 Å². The number of nitrogens with two attached hydrogens (primary N) is 2. The number of benzene rings is 5. The van der Waals surface area contributed by atoms with Crippen LogP contribution in [0, 0.1) is 0 Å². The monoisotopic (exact) mass is 1050 g/mol. The number of nitrogens with zero attached hydrogens (tertiary/aromatic N) is 1. The topological polar surface area (TPSA) is 281 Å². The van der Waals surface area contributed by atoms with Gasteiger partial charge in [-0.1, -0.05) is 121 Å². The Morgan fingerprint density at radius 2 is 1.17 bits per heavy atom. The third-order valence-corrected chi connectivity index (χ3v) is 13.7. The molecule has 3 heterocycles. The minimum atomic E-state index is -1.42. The standard InChI is InChI=1S/C58H66N10O9/c59-27-13-12-22-46-52(69)64-47(30-38-23-25-42(26-24-38)76-36-39-16-6-2-7-17-39)53(70)66-49(31-37-14-4-1-5-15-37)57(74)68-35-43(77-58(75)61-29-28-60)33-50(68)55(72)67-51(40-18-8-3-9-19-40)56(73)65-48(54(71)63-46)32-41-34-62-45-21-11-10-20-44(41)45/h1-11,14-21,23-26,34,43,46-51,62H,12-13,22,27-33,35-36,59-60H2,(H,61,75)(H,63,71)(H,64,69)(H,65,73)(H,66,70)(H,67,72)/t43-,46+,47-,48-,49+,50+,51+/m1/s1. The van der Waals surface area contributed by atoms with Crippen molar-refractivity contribution in [1.29, 1.82) is 0 Å². The molecule has 7 atom stereocenters. The van der Waals surface area contributed by atoms with Crippen LogP contribution in [0.1, 0.15) is 59.5 Å². The largest absolute Gasteiger partial charge is 0.489 e. The summed E-state index contributed by atoms with van der Waals surface area (Å²) in [5.41, 5.74) is 15.7. The van der Waals surface area contributed by atoms with E-state index in [2.05, 4.69) is 36.9 Å². The summed E-state index contributed by atoms with van der Waals surface area (Å²) >= 11 is 0. The Morgan fingerprint density at radius 3 is 1.87 bits per heavy atom. The number of hydrogen-bond acceptors (Lipinski definition) is 11. The Bertz CT molecular complexity index is 2960. The number of hydrogen-bond donors (Lipinski definition) is 9. The van der Waals surface area contributed by atoms with Crippen molar-refractivity contribution in [2.75, 3.05) is 26.2 Å². The number of H-pyrrole nitrogens is 1. The smallest absolute Gasteiger partial charge is 0.407 e. The first-order chi connectivity index (χ1) is 37.5. The number of alkyl carbamates (subject to hydrolysis) is 1. The zero-order chi connectivity index (χ0) is 54.1. The van der Waals surface area contributed by atoms with Crippen molar-refractivity contribution < 1.29 is 43.0 Å².